The smallest absolute Gasteiger partial charge is 0.135 e. The standard InChI is InChI=1S/C11H13NO2S2/c1-7-6-16-10(12-7)5-8(13)11-9(14-2)3-4-15-11/h3-4,6,8,13H,5H2,1-2H3. The summed E-state index contributed by atoms with van der Waals surface area (Å²) in [5.74, 6) is 0.755. The van der Waals surface area contributed by atoms with Gasteiger partial charge in [-0.1, -0.05) is 0 Å². The van der Waals surface area contributed by atoms with Gasteiger partial charge in [-0.05, 0) is 18.4 Å². The number of methoxy groups -OCH3 is 1. The van der Waals surface area contributed by atoms with Crippen molar-refractivity contribution in [2.75, 3.05) is 7.11 Å². The summed E-state index contributed by atoms with van der Waals surface area (Å²) in [6.45, 7) is 1.96. The normalized spacial score (nSPS) is 12.7. The van der Waals surface area contributed by atoms with E-state index in [9.17, 15) is 5.11 Å². The van der Waals surface area contributed by atoms with E-state index >= 15 is 0 Å². The van der Waals surface area contributed by atoms with Gasteiger partial charge in [-0.15, -0.1) is 22.7 Å². The fraction of sp³-hybridized carbons (Fsp3) is 0.364. The van der Waals surface area contributed by atoms with Crippen molar-refractivity contribution in [3.63, 3.8) is 0 Å². The van der Waals surface area contributed by atoms with Gasteiger partial charge in [-0.25, -0.2) is 4.98 Å². The molecule has 0 fully saturated rings. The van der Waals surface area contributed by atoms with E-state index in [0.717, 1.165) is 21.3 Å². The average molecular weight is 255 g/mol. The molecule has 2 rings (SSSR count). The number of hydrogen-bond acceptors (Lipinski definition) is 5. The molecule has 0 bridgehead atoms. The number of nitrogens with zero attached hydrogens (tertiary/aromatic N) is 1. The quantitative estimate of drug-likeness (QED) is 0.913. The molecule has 1 unspecified atom stereocenters. The van der Waals surface area contributed by atoms with Gasteiger partial charge in [0.1, 0.15) is 5.75 Å². The Morgan fingerprint density at radius 1 is 1.50 bits per heavy atom. The van der Waals surface area contributed by atoms with Crippen molar-refractivity contribution in [1.82, 2.24) is 4.98 Å². The van der Waals surface area contributed by atoms with E-state index in [4.69, 9.17) is 4.74 Å². The van der Waals surface area contributed by atoms with Crippen LogP contribution in [0.1, 0.15) is 21.7 Å². The van der Waals surface area contributed by atoms with Crippen LogP contribution in [0.4, 0.5) is 0 Å². The Morgan fingerprint density at radius 2 is 2.31 bits per heavy atom. The Labute approximate surface area is 102 Å². The van der Waals surface area contributed by atoms with Crippen LogP contribution in [0.15, 0.2) is 16.8 Å². The first-order chi connectivity index (χ1) is 7.70. The van der Waals surface area contributed by atoms with Crippen LogP contribution in [0.3, 0.4) is 0 Å². The van der Waals surface area contributed by atoms with Gasteiger partial charge in [-0.2, -0.15) is 0 Å². The molecule has 0 aliphatic heterocycles. The molecule has 0 radical (unpaired) electrons. The summed E-state index contributed by atoms with van der Waals surface area (Å²) >= 11 is 3.09. The lowest BCUT2D eigenvalue weighted by Crippen LogP contribution is -2.01. The van der Waals surface area contributed by atoms with Crippen molar-refractivity contribution in [2.45, 2.75) is 19.4 Å². The molecule has 0 saturated heterocycles. The monoisotopic (exact) mass is 255 g/mol. The highest BCUT2D eigenvalue weighted by atomic mass is 32.1. The Kier molecular flexibility index (Phi) is 3.58. The topological polar surface area (TPSA) is 42.4 Å². The molecule has 1 N–H and O–H groups in total. The zero-order valence-corrected chi connectivity index (χ0v) is 10.8. The van der Waals surface area contributed by atoms with E-state index in [-0.39, 0.29) is 0 Å². The van der Waals surface area contributed by atoms with Crippen LogP contribution in [-0.4, -0.2) is 17.2 Å². The molecule has 0 amide bonds. The van der Waals surface area contributed by atoms with Gasteiger partial charge in [0.25, 0.3) is 0 Å². The lowest BCUT2D eigenvalue weighted by atomic mass is 10.2. The molecule has 3 nitrogen and oxygen atoms in total. The second kappa shape index (κ2) is 4.95. The molecule has 16 heavy (non-hydrogen) atoms. The fourth-order valence-corrected chi connectivity index (χ4v) is 3.13. The number of rotatable bonds is 4. The molecular weight excluding hydrogens is 242 g/mol. The van der Waals surface area contributed by atoms with Crippen LogP contribution >= 0.6 is 22.7 Å². The van der Waals surface area contributed by atoms with E-state index in [0.29, 0.717) is 6.42 Å². The maximum absolute atomic E-state index is 10.1. The maximum Gasteiger partial charge on any atom is 0.135 e. The van der Waals surface area contributed by atoms with Gasteiger partial charge < -0.3 is 9.84 Å². The van der Waals surface area contributed by atoms with E-state index in [1.165, 1.54) is 11.3 Å². The summed E-state index contributed by atoms with van der Waals surface area (Å²) in [7, 11) is 1.62. The third-order valence-electron chi connectivity index (χ3n) is 2.21. The van der Waals surface area contributed by atoms with Gasteiger partial charge in [0, 0.05) is 17.5 Å². The third kappa shape index (κ3) is 2.42. The van der Waals surface area contributed by atoms with E-state index in [1.54, 1.807) is 18.4 Å². The van der Waals surface area contributed by atoms with Crippen LogP contribution in [0.2, 0.25) is 0 Å². The summed E-state index contributed by atoms with van der Waals surface area (Å²) in [5.41, 5.74) is 1.00. The second-order valence-electron chi connectivity index (χ2n) is 3.46. The minimum atomic E-state index is -0.527. The molecule has 0 aliphatic carbocycles. The van der Waals surface area contributed by atoms with Gasteiger partial charge >= 0.3 is 0 Å². The lowest BCUT2D eigenvalue weighted by Gasteiger charge is -2.08. The maximum atomic E-state index is 10.1. The van der Waals surface area contributed by atoms with Gasteiger partial charge in [0.2, 0.25) is 0 Å². The van der Waals surface area contributed by atoms with Crippen LogP contribution in [0.25, 0.3) is 0 Å². The van der Waals surface area contributed by atoms with Gasteiger partial charge in [-0.3, -0.25) is 0 Å². The van der Waals surface area contributed by atoms with E-state index < -0.39 is 6.10 Å². The first kappa shape index (κ1) is 11.6. The average Bonchev–Trinajstić information content (AvgIpc) is 2.86. The first-order valence-electron chi connectivity index (χ1n) is 4.91. The highest BCUT2D eigenvalue weighted by molar-refractivity contribution is 7.10. The van der Waals surface area contributed by atoms with E-state index in [1.807, 2.05) is 23.8 Å². The molecule has 2 aromatic rings. The van der Waals surface area contributed by atoms with Crippen molar-refractivity contribution >= 4 is 22.7 Å². The zero-order valence-electron chi connectivity index (χ0n) is 9.14. The zero-order chi connectivity index (χ0) is 11.5. The number of ether oxygens (including phenoxy) is 1. The fourth-order valence-electron chi connectivity index (χ4n) is 1.48. The largest absolute Gasteiger partial charge is 0.495 e. The molecule has 0 aromatic carbocycles. The Balaban J connectivity index is 2.11. The summed E-state index contributed by atoms with van der Waals surface area (Å²) < 4.78 is 5.18. The minimum Gasteiger partial charge on any atom is -0.495 e. The summed E-state index contributed by atoms with van der Waals surface area (Å²) in [5, 5.41) is 15.0. The second-order valence-corrected chi connectivity index (χ2v) is 5.35. The van der Waals surface area contributed by atoms with E-state index in [2.05, 4.69) is 4.98 Å². The molecular formula is C11H13NO2S2. The number of thiazole rings is 1. The third-order valence-corrected chi connectivity index (χ3v) is 4.20. The molecule has 5 heteroatoms. The Morgan fingerprint density at radius 3 is 2.94 bits per heavy atom. The Hall–Kier alpha value is -0.910. The summed E-state index contributed by atoms with van der Waals surface area (Å²) in [4.78, 5) is 5.21. The number of aliphatic hydroxyl groups is 1. The van der Waals surface area contributed by atoms with Crippen molar-refractivity contribution < 1.29 is 9.84 Å². The Bertz CT molecular complexity index is 464. The minimum absolute atomic E-state index is 0.527. The highest BCUT2D eigenvalue weighted by Gasteiger charge is 2.16. The van der Waals surface area contributed by atoms with Crippen molar-refractivity contribution in [1.29, 1.82) is 0 Å². The number of aryl methyl sites for hydroxylation is 1. The molecule has 86 valence electrons. The molecule has 0 spiro atoms. The van der Waals surface area contributed by atoms with Crippen molar-refractivity contribution in [3.8, 4) is 5.75 Å². The number of hydrogen-bond donors (Lipinski definition) is 1. The van der Waals surface area contributed by atoms with Crippen LogP contribution in [-0.2, 0) is 6.42 Å². The molecule has 2 aromatic heterocycles. The predicted molar refractivity (Wildman–Crippen MR) is 66.4 cm³/mol. The predicted octanol–water partition coefficient (Wildman–Crippen LogP) is 2.80. The van der Waals surface area contributed by atoms with Crippen LogP contribution in [0, 0.1) is 6.92 Å². The first-order valence-corrected chi connectivity index (χ1v) is 6.67. The molecule has 1 atom stereocenters. The number of thiophene rings is 1. The number of aliphatic hydroxyl groups excluding tert-OH is 1. The van der Waals surface area contributed by atoms with Gasteiger partial charge in [0.05, 0.1) is 23.1 Å². The van der Waals surface area contributed by atoms with Crippen molar-refractivity contribution in [2.24, 2.45) is 0 Å². The highest BCUT2D eigenvalue weighted by Crippen LogP contribution is 2.32. The lowest BCUT2D eigenvalue weighted by molar-refractivity contribution is 0.178. The molecule has 0 aliphatic rings. The summed E-state index contributed by atoms with van der Waals surface area (Å²) in [6.07, 6.45) is 0.0237. The van der Waals surface area contributed by atoms with Crippen LogP contribution < -0.4 is 4.74 Å². The van der Waals surface area contributed by atoms with Crippen molar-refractivity contribution in [3.05, 3.63) is 32.4 Å². The SMILES string of the molecule is COc1ccsc1C(O)Cc1nc(C)cs1. The summed E-state index contributed by atoms with van der Waals surface area (Å²) in [6, 6.07) is 1.87. The molecule has 0 saturated carbocycles. The van der Waals surface area contributed by atoms with Crippen LogP contribution in [0.5, 0.6) is 5.75 Å². The van der Waals surface area contributed by atoms with Gasteiger partial charge in [0.15, 0.2) is 0 Å². The number of aromatic nitrogens is 1. The molecule has 2 heterocycles.